The van der Waals surface area contributed by atoms with Crippen LogP contribution >= 0.6 is 11.8 Å². The van der Waals surface area contributed by atoms with Gasteiger partial charge in [0.25, 0.3) is 0 Å². The molecule has 0 spiro atoms. The molecule has 0 atom stereocenters. The average Bonchev–Trinajstić information content (AvgIpc) is 2.59. The van der Waals surface area contributed by atoms with E-state index in [-0.39, 0.29) is 10.2 Å². The van der Waals surface area contributed by atoms with Gasteiger partial charge in [-0.3, -0.25) is 4.98 Å². The van der Waals surface area contributed by atoms with E-state index in [1.165, 1.54) is 16.7 Å². The van der Waals surface area contributed by atoms with Crippen LogP contribution in [0.2, 0.25) is 0 Å². The van der Waals surface area contributed by atoms with Crippen LogP contribution in [0.4, 0.5) is 0 Å². The van der Waals surface area contributed by atoms with Crippen LogP contribution in [0.5, 0.6) is 0 Å². The standard InChI is InChI=1S/C23H25NO2S/c1-7-15-11-19(24-13-17(15)21(25)26-8-2)16-9-10-18-20(12-16)27-23(5,6)14-22(18,3)4/h1,9-13H,8,14H2,2-6H3. The average molecular weight is 380 g/mol. The number of fused-ring (bicyclic) bond motifs is 1. The van der Waals surface area contributed by atoms with Gasteiger partial charge in [-0.1, -0.05) is 45.7 Å². The SMILES string of the molecule is C#Cc1cc(-c2ccc3c(c2)SC(C)(C)CC3(C)C)ncc1C(=O)OCC. The zero-order chi connectivity index (χ0) is 19.8. The summed E-state index contributed by atoms with van der Waals surface area (Å²) in [6.45, 7) is 11.3. The minimum atomic E-state index is -0.436. The summed E-state index contributed by atoms with van der Waals surface area (Å²) >= 11 is 1.91. The van der Waals surface area contributed by atoms with Crippen LogP contribution in [0.1, 0.15) is 62.5 Å². The molecule has 3 nitrogen and oxygen atoms in total. The number of terminal acetylenes is 1. The maximum Gasteiger partial charge on any atom is 0.340 e. The van der Waals surface area contributed by atoms with Crippen molar-refractivity contribution in [3.63, 3.8) is 0 Å². The molecule has 1 aliphatic heterocycles. The first-order chi connectivity index (χ1) is 12.7. The summed E-state index contributed by atoms with van der Waals surface area (Å²) in [5.74, 6) is 2.15. The number of carbonyl (C=O) groups excluding carboxylic acids is 1. The lowest BCUT2D eigenvalue weighted by atomic mass is 9.76. The zero-order valence-electron chi connectivity index (χ0n) is 16.6. The third-order valence-corrected chi connectivity index (χ3v) is 6.07. The van der Waals surface area contributed by atoms with Crippen LogP contribution < -0.4 is 0 Å². The zero-order valence-corrected chi connectivity index (χ0v) is 17.4. The molecule has 27 heavy (non-hydrogen) atoms. The number of rotatable bonds is 3. The van der Waals surface area contributed by atoms with Crippen LogP contribution in [-0.2, 0) is 10.2 Å². The van der Waals surface area contributed by atoms with Crippen molar-refractivity contribution in [1.29, 1.82) is 0 Å². The van der Waals surface area contributed by atoms with Gasteiger partial charge in [-0.05, 0) is 36.5 Å². The van der Waals surface area contributed by atoms with Crippen molar-refractivity contribution >= 4 is 17.7 Å². The normalized spacial score (nSPS) is 16.9. The van der Waals surface area contributed by atoms with Crippen LogP contribution in [0.3, 0.4) is 0 Å². The number of benzene rings is 1. The minimum Gasteiger partial charge on any atom is -0.462 e. The number of carbonyl (C=O) groups is 1. The molecule has 140 valence electrons. The first kappa shape index (κ1) is 19.5. The molecule has 0 fully saturated rings. The lowest BCUT2D eigenvalue weighted by Gasteiger charge is -2.41. The molecule has 1 aromatic carbocycles. The van der Waals surface area contributed by atoms with E-state index in [1.54, 1.807) is 13.0 Å². The van der Waals surface area contributed by atoms with Crippen molar-refractivity contribution in [2.45, 2.75) is 56.1 Å². The molecule has 0 N–H and O–H groups in total. The lowest BCUT2D eigenvalue weighted by Crippen LogP contribution is -2.33. The summed E-state index contributed by atoms with van der Waals surface area (Å²) in [6, 6.07) is 8.27. The largest absolute Gasteiger partial charge is 0.462 e. The van der Waals surface area contributed by atoms with Crippen LogP contribution in [0.15, 0.2) is 35.4 Å². The molecule has 0 unspecified atom stereocenters. The molecule has 1 aliphatic rings. The predicted molar refractivity (Wildman–Crippen MR) is 111 cm³/mol. The molecule has 0 saturated heterocycles. The summed E-state index contributed by atoms with van der Waals surface area (Å²) in [7, 11) is 0. The second-order valence-electron chi connectivity index (χ2n) is 8.11. The topological polar surface area (TPSA) is 39.2 Å². The van der Waals surface area contributed by atoms with E-state index in [4.69, 9.17) is 11.2 Å². The highest BCUT2D eigenvalue weighted by molar-refractivity contribution is 8.00. The fourth-order valence-electron chi connectivity index (χ4n) is 3.92. The van der Waals surface area contributed by atoms with E-state index < -0.39 is 5.97 Å². The van der Waals surface area contributed by atoms with Gasteiger partial charge in [-0.2, -0.15) is 0 Å². The second kappa shape index (κ2) is 7.05. The van der Waals surface area contributed by atoms with E-state index in [1.807, 2.05) is 11.8 Å². The molecule has 0 saturated carbocycles. The van der Waals surface area contributed by atoms with Crippen LogP contribution in [0.25, 0.3) is 11.3 Å². The quantitative estimate of drug-likeness (QED) is 0.524. The van der Waals surface area contributed by atoms with Gasteiger partial charge in [0, 0.05) is 27.0 Å². The Morgan fingerprint density at radius 3 is 2.70 bits per heavy atom. The molecule has 2 heterocycles. The van der Waals surface area contributed by atoms with Gasteiger partial charge in [0.1, 0.15) is 0 Å². The monoisotopic (exact) mass is 379 g/mol. The van der Waals surface area contributed by atoms with Crippen molar-refractivity contribution in [1.82, 2.24) is 4.98 Å². The van der Waals surface area contributed by atoms with Crippen LogP contribution in [-0.4, -0.2) is 22.3 Å². The van der Waals surface area contributed by atoms with Gasteiger partial charge in [-0.15, -0.1) is 18.2 Å². The molecule has 1 aromatic heterocycles. The van der Waals surface area contributed by atoms with Gasteiger partial charge >= 0.3 is 5.97 Å². The Morgan fingerprint density at radius 1 is 1.30 bits per heavy atom. The Hall–Kier alpha value is -2.25. The Bertz CT molecular complexity index is 938. The summed E-state index contributed by atoms with van der Waals surface area (Å²) < 4.78 is 5.24. The molecular weight excluding hydrogens is 354 g/mol. The highest BCUT2D eigenvalue weighted by Gasteiger charge is 2.38. The fraction of sp³-hybridized carbons (Fsp3) is 0.391. The number of esters is 1. The maximum absolute atomic E-state index is 12.0. The number of pyridine rings is 1. The molecule has 0 amide bonds. The Kier molecular flexibility index (Phi) is 5.10. The highest BCUT2D eigenvalue weighted by atomic mass is 32.2. The van der Waals surface area contributed by atoms with Crippen molar-refractivity contribution in [2.24, 2.45) is 0 Å². The Labute approximate surface area is 165 Å². The number of hydrogen-bond donors (Lipinski definition) is 0. The second-order valence-corrected chi connectivity index (χ2v) is 9.86. The number of ether oxygens (including phenoxy) is 1. The number of nitrogens with zero attached hydrogens (tertiary/aromatic N) is 1. The highest BCUT2D eigenvalue weighted by Crippen LogP contribution is 2.51. The van der Waals surface area contributed by atoms with E-state index in [0.29, 0.717) is 17.7 Å². The van der Waals surface area contributed by atoms with Gasteiger partial charge in [0.2, 0.25) is 0 Å². The van der Waals surface area contributed by atoms with E-state index in [9.17, 15) is 4.79 Å². The van der Waals surface area contributed by atoms with Crippen molar-refractivity contribution in [2.75, 3.05) is 6.61 Å². The summed E-state index contributed by atoms with van der Waals surface area (Å²) in [6.07, 6.45) is 8.27. The Morgan fingerprint density at radius 2 is 2.04 bits per heavy atom. The maximum atomic E-state index is 12.0. The van der Waals surface area contributed by atoms with Gasteiger partial charge in [0.05, 0.1) is 17.9 Å². The Balaban J connectivity index is 2.04. The third-order valence-electron chi connectivity index (χ3n) is 4.82. The van der Waals surface area contributed by atoms with E-state index >= 15 is 0 Å². The van der Waals surface area contributed by atoms with Crippen LogP contribution in [0, 0.1) is 12.3 Å². The predicted octanol–water partition coefficient (Wildman–Crippen LogP) is 5.46. The number of thioether (sulfide) groups is 1. The first-order valence-corrected chi connectivity index (χ1v) is 9.96. The molecule has 2 aromatic rings. The fourth-order valence-corrected chi connectivity index (χ4v) is 5.59. The summed E-state index contributed by atoms with van der Waals surface area (Å²) in [4.78, 5) is 17.8. The smallest absolute Gasteiger partial charge is 0.340 e. The number of hydrogen-bond acceptors (Lipinski definition) is 4. The summed E-state index contributed by atoms with van der Waals surface area (Å²) in [5.41, 5.74) is 4.11. The summed E-state index contributed by atoms with van der Waals surface area (Å²) in [5, 5.41) is 0. The molecule has 0 aliphatic carbocycles. The lowest BCUT2D eigenvalue weighted by molar-refractivity contribution is 0.0525. The van der Waals surface area contributed by atoms with Crippen molar-refractivity contribution < 1.29 is 9.53 Å². The van der Waals surface area contributed by atoms with Crippen molar-refractivity contribution in [3.8, 4) is 23.6 Å². The first-order valence-electron chi connectivity index (χ1n) is 9.14. The minimum absolute atomic E-state index is 0.133. The van der Waals surface area contributed by atoms with Gasteiger partial charge in [-0.25, -0.2) is 4.79 Å². The molecule has 4 heteroatoms. The number of aromatic nitrogens is 1. The third kappa shape index (κ3) is 3.89. The molecular formula is C23H25NO2S. The van der Waals surface area contributed by atoms with Gasteiger partial charge < -0.3 is 4.74 Å². The van der Waals surface area contributed by atoms with Crippen molar-refractivity contribution in [3.05, 3.63) is 47.2 Å². The van der Waals surface area contributed by atoms with Gasteiger partial charge in [0.15, 0.2) is 0 Å². The molecule has 0 bridgehead atoms. The molecule has 0 radical (unpaired) electrons. The van der Waals surface area contributed by atoms with E-state index in [0.717, 1.165) is 17.7 Å². The molecule has 3 rings (SSSR count). The van der Waals surface area contributed by atoms with E-state index in [2.05, 4.69) is 56.8 Å².